The fourth-order valence-electron chi connectivity index (χ4n) is 1.16. The van der Waals surface area contributed by atoms with E-state index in [1.807, 2.05) is 0 Å². The molecule has 18 heavy (non-hydrogen) atoms. The van der Waals surface area contributed by atoms with E-state index in [-0.39, 0.29) is 6.16 Å². The number of carboxylic acids is 1. The van der Waals surface area contributed by atoms with Gasteiger partial charge in [-0.05, 0) is 13.3 Å². The number of rotatable bonds is 4. The van der Waals surface area contributed by atoms with Gasteiger partial charge in [0.15, 0.2) is 12.3 Å². The SMILES string of the molecule is CC(=O)[O-].CCC[PH+](CC(F)(F)F)CC(F)(F)F. The highest BCUT2D eigenvalue weighted by Crippen LogP contribution is 2.45. The number of alkyl halides is 6. The summed E-state index contributed by atoms with van der Waals surface area (Å²) in [7, 11) is -2.36. The first-order chi connectivity index (χ1) is 7.87. The molecule has 0 saturated heterocycles. The van der Waals surface area contributed by atoms with Gasteiger partial charge in [0.25, 0.3) is 0 Å². The zero-order valence-corrected chi connectivity index (χ0v) is 10.9. The molecule has 0 rings (SSSR count). The van der Waals surface area contributed by atoms with Crippen molar-refractivity contribution in [2.24, 2.45) is 0 Å². The van der Waals surface area contributed by atoms with Crippen LogP contribution in [0.3, 0.4) is 0 Å². The van der Waals surface area contributed by atoms with Gasteiger partial charge in [-0.2, -0.15) is 26.3 Å². The van der Waals surface area contributed by atoms with E-state index in [1.54, 1.807) is 6.92 Å². The Kier molecular flexibility index (Phi) is 9.42. The first kappa shape index (κ1) is 19.8. The summed E-state index contributed by atoms with van der Waals surface area (Å²) in [6, 6.07) is 0. The van der Waals surface area contributed by atoms with Gasteiger partial charge in [-0.15, -0.1) is 0 Å². The highest BCUT2D eigenvalue weighted by molar-refractivity contribution is 7.57. The molecule has 0 radical (unpaired) electrons. The van der Waals surface area contributed by atoms with Crippen molar-refractivity contribution in [1.29, 1.82) is 0 Å². The molecule has 0 fully saturated rings. The molecule has 0 aromatic rings. The number of hydrogen-bond donors (Lipinski definition) is 0. The first-order valence-electron chi connectivity index (χ1n) is 5.02. The summed E-state index contributed by atoms with van der Waals surface area (Å²) in [4.78, 5) is 8.89. The minimum absolute atomic E-state index is 0.0592. The maximum absolute atomic E-state index is 11.9. The van der Waals surface area contributed by atoms with E-state index in [2.05, 4.69) is 0 Å². The van der Waals surface area contributed by atoms with Crippen LogP contribution in [0.15, 0.2) is 0 Å². The topological polar surface area (TPSA) is 40.1 Å². The number of hydrogen-bond acceptors (Lipinski definition) is 2. The van der Waals surface area contributed by atoms with Crippen LogP contribution in [-0.4, -0.2) is 36.8 Å². The number of carbonyl (C=O) groups excluding carboxylic acids is 1. The van der Waals surface area contributed by atoms with Crippen LogP contribution in [0.1, 0.15) is 20.3 Å². The van der Waals surface area contributed by atoms with Gasteiger partial charge >= 0.3 is 12.4 Å². The van der Waals surface area contributed by atoms with E-state index >= 15 is 0 Å². The molecule has 0 N–H and O–H groups in total. The Balaban J connectivity index is 0. The summed E-state index contributed by atoms with van der Waals surface area (Å²) < 4.78 is 71.2. The summed E-state index contributed by atoms with van der Waals surface area (Å²) in [6.07, 6.45) is -11.0. The van der Waals surface area contributed by atoms with Crippen molar-refractivity contribution in [2.75, 3.05) is 18.5 Å². The standard InChI is InChI=1S/C7H11F6P.C2H4O2/c1-2-3-14(4-6(8,9)10)5-7(11,12)13;1-2(3)4/h2-5H2,1H3;1H3,(H,3,4). The van der Waals surface area contributed by atoms with Crippen molar-refractivity contribution >= 4 is 13.9 Å². The molecule has 0 saturated carbocycles. The molecule has 0 heterocycles. The van der Waals surface area contributed by atoms with Crippen LogP contribution in [0.5, 0.6) is 0 Å². The fourth-order valence-corrected chi connectivity index (χ4v) is 3.48. The van der Waals surface area contributed by atoms with Crippen molar-refractivity contribution in [2.45, 2.75) is 32.6 Å². The van der Waals surface area contributed by atoms with Crippen LogP contribution < -0.4 is 5.11 Å². The molecule has 110 valence electrons. The molecule has 0 aliphatic carbocycles. The predicted octanol–water partition coefficient (Wildman–Crippen LogP) is 2.49. The van der Waals surface area contributed by atoms with Crippen molar-refractivity contribution < 1.29 is 36.2 Å². The molecule has 0 aliphatic heterocycles. The number of aliphatic carboxylic acids is 1. The highest BCUT2D eigenvalue weighted by atomic mass is 31.1. The van der Waals surface area contributed by atoms with Crippen molar-refractivity contribution in [3.63, 3.8) is 0 Å². The minimum atomic E-state index is -4.46. The first-order valence-corrected chi connectivity index (χ1v) is 7.14. The van der Waals surface area contributed by atoms with E-state index in [0.717, 1.165) is 6.92 Å². The van der Waals surface area contributed by atoms with Gasteiger partial charge in [-0.25, -0.2) is 0 Å². The summed E-state index contributed by atoms with van der Waals surface area (Å²) in [5.41, 5.74) is 0. The molecule has 2 nitrogen and oxygen atoms in total. The Labute approximate surface area is 102 Å². The average molecular weight is 300 g/mol. The predicted molar refractivity (Wildman–Crippen MR) is 56.0 cm³/mol. The molecule has 0 bridgehead atoms. The Morgan fingerprint density at radius 2 is 1.33 bits per heavy atom. The van der Waals surface area contributed by atoms with E-state index in [1.165, 1.54) is 0 Å². The van der Waals surface area contributed by atoms with Crippen molar-refractivity contribution in [3.05, 3.63) is 0 Å². The second-order valence-corrected chi connectivity index (χ2v) is 6.28. The average Bonchev–Trinajstić information content (AvgIpc) is 1.95. The lowest BCUT2D eigenvalue weighted by Crippen LogP contribution is -2.20. The monoisotopic (exact) mass is 300 g/mol. The van der Waals surface area contributed by atoms with Gasteiger partial charge in [-0.3, -0.25) is 0 Å². The van der Waals surface area contributed by atoms with E-state index in [0.29, 0.717) is 6.42 Å². The molecule has 0 aromatic carbocycles. The maximum Gasteiger partial charge on any atom is 0.421 e. The molecule has 0 aliphatic rings. The quantitative estimate of drug-likeness (QED) is 0.591. The largest absolute Gasteiger partial charge is 0.550 e. The smallest absolute Gasteiger partial charge is 0.421 e. The Bertz CT molecular complexity index is 218. The van der Waals surface area contributed by atoms with Crippen LogP contribution in [0.4, 0.5) is 26.3 Å². The van der Waals surface area contributed by atoms with Crippen LogP contribution in [0.25, 0.3) is 0 Å². The van der Waals surface area contributed by atoms with Gasteiger partial charge < -0.3 is 9.90 Å². The Hall–Kier alpha value is -0.520. The van der Waals surface area contributed by atoms with Gasteiger partial charge in [0.2, 0.25) is 0 Å². The van der Waals surface area contributed by atoms with Crippen LogP contribution in [0.2, 0.25) is 0 Å². The lowest BCUT2D eigenvalue weighted by Gasteiger charge is -2.13. The molecule has 0 amide bonds. The van der Waals surface area contributed by atoms with Gasteiger partial charge in [0, 0.05) is 13.9 Å². The Morgan fingerprint density at radius 1 is 1.06 bits per heavy atom. The van der Waals surface area contributed by atoms with Crippen molar-refractivity contribution in [1.82, 2.24) is 0 Å². The third-order valence-electron chi connectivity index (χ3n) is 1.50. The van der Waals surface area contributed by atoms with Gasteiger partial charge in [0.05, 0.1) is 6.16 Å². The number of halogens is 6. The van der Waals surface area contributed by atoms with E-state index in [4.69, 9.17) is 9.90 Å². The molecule has 0 spiro atoms. The number of carboxylic acid groups (broad SMARTS) is 1. The van der Waals surface area contributed by atoms with Crippen molar-refractivity contribution in [3.8, 4) is 0 Å². The van der Waals surface area contributed by atoms with E-state index in [9.17, 15) is 26.3 Å². The van der Waals surface area contributed by atoms with Gasteiger partial charge in [0.1, 0.15) is 0 Å². The molecule has 0 aromatic heterocycles. The lowest BCUT2D eigenvalue weighted by molar-refractivity contribution is -0.302. The molecule has 0 atom stereocenters. The maximum atomic E-state index is 11.9. The van der Waals surface area contributed by atoms with E-state index < -0.39 is 38.6 Å². The molecular weight excluding hydrogens is 285 g/mol. The summed E-state index contributed by atoms with van der Waals surface area (Å²) in [6.45, 7) is 2.57. The zero-order valence-electron chi connectivity index (χ0n) is 9.91. The second kappa shape index (κ2) is 8.56. The second-order valence-electron chi connectivity index (χ2n) is 3.58. The number of carbonyl (C=O) groups is 1. The normalized spacial score (nSPS) is 12.1. The zero-order chi connectivity index (χ0) is 15.0. The molecule has 9 heteroatoms. The Morgan fingerprint density at radius 3 is 1.50 bits per heavy atom. The fraction of sp³-hybridized carbons (Fsp3) is 0.889. The van der Waals surface area contributed by atoms with Crippen LogP contribution >= 0.6 is 7.92 Å². The lowest BCUT2D eigenvalue weighted by atomic mass is 10.6. The van der Waals surface area contributed by atoms with Gasteiger partial charge in [-0.1, -0.05) is 6.92 Å². The summed E-state index contributed by atoms with van der Waals surface area (Å²) in [5, 5.41) is 8.89. The highest BCUT2D eigenvalue weighted by Gasteiger charge is 2.43. The summed E-state index contributed by atoms with van der Waals surface area (Å²) >= 11 is 0. The summed E-state index contributed by atoms with van der Waals surface area (Å²) in [5.74, 6) is -1.08. The third kappa shape index (κ3) is 20.8. The molecule has 0 unspecified atom stereocenters. The minimum Gasteiger partial charge on any atom is -0.550 e. The molecular formula is C9H15F6O2P. The van der Waals surface area contributed by atoms with Crippen LogP contribution in [-0.2, 0) is 4.79 Å². The van der Waals surface area contributed by atoms with Crippen LogP contribution in [0, 0.1) is 0 Å². The third-order valence-corrected chi connectivity index (χ3v) is 4.51.